The Morgan fingerprint density at radius 3 is 2.73 bits per heavy atom. The van der Waals surface area contributed by atoms with Crippen molar-refractivity contribution in [3.05, 3.63) is 29.0 Å². The van der Waals surface area contributed by atoms with E-state index in [1.165, 1.54) is 18.2 Å². The molecule has 0 aliphatic heterocycles. The first-order chi connectivity index (χ1) is 6.99. The Labute approximate surface area is 92.2 Å². The van der Waals surface area contributed by atoms with Gasteiger partial charge in [-0.3, -0.25) is 5.32 Å². The second-order valence-electron chi connectivity index (χ2n) is 3.21. The molecule has 0 saturated heterocycles. The molecule has 0 aromatic heterocycles. The van der Waals surface area contributed by atoms with E-state index in [0.29, 0.717) is 5.69 Å². The summed E-state index contributed by atoms with van der Waals surface area (Å²) in [5.74, 6) is -0.528. The summed E-state index contributed by atoms with van der Waals surface area (Å²) in [4.78, 5) is 11.1. The molecule has 0 radical (unpaired) electrons. The van der Waals surface area contributed by atoms with Crippen molar-refractivity contribution < 1.29 is 13.9 Å². The molecule has 3 nitrogen and oxygen atoms in total. The number of carbonyl (C=O) groups is 1. The van der Waals surface area contributed by atoms with Gasteiger partial charge in [0.15, 0.2) is 0 Å². The van der Waals surface area contributed by atoms with Crippen LogP contribution in [0.15, 0.2) is 18.2 Å². The average molecular weight is 232 g/mol. The lowest BCUT2D eigenvalue weighted by molar-refractivity contribution is 0.130. The van der Waals surface area contributed by atoms with Crippen LogP contribution in [0, 0.1) is 5.82 Å². The van der Waals surface area contributed by atoms with Gasteiger partial charge in [0.05, 0.1) is 11.1 Å². The van der Waals surface area contributed by atoms with Crippen LogP contribution in [-0.2, 0) is 4.74 Å². The van der Waals surface area contributed by atoms with Gasteiger partial charge in [-0.15, -0.1) is 0 Å². The van der Waals surface area contributed by atoms with Gasteiger partial charge in [-0.1, -0.05) is 11.6 Å². The summed E-state index contributed by atoms with van der Waals surface area (Å²) >= 11 is 5.54. The average Bonchev–Trinajstić information content (AvgIpc) is 2.10. The molecular weight excluding hydrogens is 221 g/mol. The third kappa shape index (κ3) is 3.75. The van der Waals surface area contributed by atoms with Crippen LogP contribution in [0.4, 0.5) is 14.9 Å². The molecule has 0 aliphatic carbocycles. The van der Waals surface area contributed by atoms with Crippen LogP contribution in [0.1, 0.15) is 13.8 Å². The van der Waals surface area contributed by atoms with Crippen molar-refractivity contribution in [3.8, 4) is 0 Å². The van der Waals surface area contributed by atoms with Crippen molar-refractivity contribution in [2.45, 2.75) is 20.0 Å². The first kappa shape index (κ1) is 11.8. The van der Waals surface area contributed by atoms with Crippen molar-refractivity contribution in [3.63, 3.8) is 0 Å². The van der Waals surface area contributed by atoms with Gasteiger partial charge in [0.25, 0.3) is 0 Å². The van der Waals surface area contributed by atoms with Gasteiger partial charge in [0.1, 0.15) is 5.82 Å². The van der Waals surface area contributed by atoms with E-state index in [-0.39, 0.29) is 11.1 Å². The zero-order valence-corrected chi connectivity index (χ0v) is 9.14. The molecule has 0 fully saturated rings. The highest BCUT2D eigenvalue weighted by molar-refractivity contribution is 6.31. The fraction of sp³-hybridized carbons (Fsp3) is 0.300. The van der Waals surface area contributed by atoms with Gasteiger partial charge in [0, 0.05) is 5.69 Å². The Hall–Kier alpha value is -1.29. The van der Waals surface area contributed by atoms with Crippen LogP contribution >= 0.6 is 11.6 Å². The van der Waals surface area contributed by atoms with Gasteiger partial charge < -0.3 is 4.74 Å². The number of rotatable bonds is 2. The highest BCUT2D eigenvalue weighted by Gasteiger charge is 2.07. The maximum Gasteiger partial charge on any atom is 0.411 e. The Morgan fingerprint density at radius 1 is 1.53 bits per heavy atom. The van der Waals surface area contributed by atoms with Crippen molar-refractivity contribution in [1.82, 2.24) is 0 Å². The summed E-state index contributed by atoms with van der Waals surface area (Å²) < 4.78 is 17.6. The highest BCUT2D eigenvalue weighted by atomic mass is 35.5. The molecule has 0 atom stereocenters. The smallest absolute Gasteiger partial charge is 0.411 e. The zero-order chi connectivity index (χ0) is 11.4. The van der Waals surface area contributed by atoms with Crippen molar-refractivity contribution in [2.24, 2.45) is 0 Å². The van der Waals surface area contributed by atoms with E-state index >= 15 is 0 Å². The third-order valence-corrected chi connectivity index (χ3v) is 1.80. The van der Waals surface area contributed by atoms with Crippen LogP contribution < -0.4 is 5.32 Å². The molecule has 82 valence electrons. The standard InChI is InChI=1S/C10H11ClFNO2/c1-6(2)15-10(14)13-7-3-4-9(12)8(11)5-7/h3-6H,1-2H3,(H,13,14). The molecule has 15 heavy (non-hydrogen) atoms. The van der Waals surface area contributed by atoms with Gasteiger partial charge >= 0.3 is 6.09 Å². The molecule has 1 aromatic carbocycles. The number of amides is 1. The van der Waals surface area contributed by atoms with E-state index in [9.17, 15) is 9.18 Å². The molecule has 0 aliphatic rings. The van der Waals surface area contributed by atoms with Gasteiger partial charge in [-0.05, 0) is 32.0 Å². The maximum absolute atomic E-state index is 12.8. The monoisotopic (exact) mass is 231 g/mol. The molecule has 0 heterocycles. The minimum Gasteiger partial charge on any atom is -0.447 e. The van der Waals surface area contributed by atoms with Crippen LogP contribution in [0.25, 0.3) is 0 Å². The first-order valence-corrected chi connectivity index (χ1v) is 4.79. The summed E-state index contributed by atoms with van der Waals surface area (Å²) in [6, 6.07) is 3.90. The molecule has 1 N–H and O–H groups in total. The van der Waals surface area contributed by atoms with Crippen LogP contribution in [0.5, 0.6) is 0 Å². The molecule has 1 amide bonds. The summed E-state index contributed by atoms with van der Waals surface area (Å²) in [6.45, 7) is 3.47. The first-order valence-electron chi connectivity index (χ1n) is 4.41. The fourth-order valence-corrected chi connectivity index (χ4v) is 1.12. The van der Waals surface area contributed by atoms with E-state index in [1.54, 1.807) is 13.8 Å². The summed E-state index contributed by atoms with van der Waals surface area (Å²) in [5, 5.41) is 2.38. The number of benzene rings is 1. The van der Waals surface area contributed by atoms with Gasteiger partial charge in [-0.25, -0.2) is 9.18 Å². The van der Waals surface area contributed by atoms with E-state index < -0.39 is 11.9 Å². The molecule has 1 aromatic rings. The number of carbonyl (C=O) groups excluding carboxylic acids is 1. The molecule has 1 rings (SSSR count). The van der Waals surface area contributed by atoms with Crippen molar-refractivity contribution in [2.75, 3.05) is 5.32 Å². The van der Waals surface area contributed by atoms with E-state index in [2.05, 4.69) is 5.32 Å². The molecule has 5 heteroatoms. The Kier molecular flexibility index (Phi) is 3.91. The topological polar surface area (TPSA) is 38.3 Å². The minimum absolute atomic E-state index is 0.0441. The molecule has 0 spiro atoms. The summed E-state index contributed by atoms with van der Waals surface area (Å²) in [6.07, 6.45) is -0.798. The predicted molar refractivity (Wildman–Crippen MR) is 56.6 cm³/mol. The predicted octanol–water partition coefficient (Wildman–Crippen LogP) is 3.44. The quantitative estimate of drug-likeness (QED) is 0.847. The normalized spacial score (nSPS) is 10.2. The summed E-state index contributed by atoms with van der Waals surface area (Å²) in [5.41, 5.74) is 0.395. The maximum atomic E-state index is 12.8. The lowest BCUT2D eigenvalue weighted by Gasteiger charge is -2.09. The molecular formula is C10H11ClFNO2. The number of nitrogens with one attached hydrogen (secondary N) is 1. The van der Waals surface area contributed by atoms with E-state index in [1.807, 2.05) is 0 Å². The highest BCUT2D eigenvalue weighted by Crippen LogP contribution is 2.19. The lowest BCUT2D eigenvalue weighted by Crippen LogP contribution is -2.17. The lowest BCUT2D eigenvalue weighted by atomic mass is 10.3. The molecule has 0 bridgehead atoms. The Morgan fingerprint density at radius 2 is 2.20 bits per heavy atom. The summed E-state index contributed by atoms with van der Waals surface area (Å²) in [7, 11) is 0. The van der Waals surface area contributed by atoms with E-state index in [0.717, 1.165) is 0 Å². The largest absolute Gasteiger partial charge is 0.447 e. The number of ether oxygens (including phenoxy) is 1. The third-order valence-electron chi connectivity index (χ3n) is 1.51. The Bertz CT molecular complexity index is 368. The van der Waals surface area contributed by atoms with Gasteiger partial charge in [-0.2, -0.15) is 0 Å². The minimum atomic E-state index is -0.590. The van der Waals surface area contributed by atoms with E-state index in [4.69, 9.17) is 16.3 Å². The number of hydrogen-bond donors (Lipinski definition) is 1. The van der Waals surface area contributed by atoms with Crippen molar-refractivity contribution in [1.29, 1.82) is 0 Å². The molecule has 0 saturated carbocycles. The number of halogens is 2. The molecule has 0 unspecified atom stereocenters. The SMILES string of the molecule is CC(C)OC(=O)Nc1ccc(F)c(Cl)c1. The van der Waals surface area contributed by atoms with Crippen LogP contribution in [-0.4, -0.2) is 12.2 Å². The van der Waals surface area contributed by atoms with Crippen LogP contribution in [0.3, 0.4) is 0 Å². The second kappa shape index (κ2) is 4.98. The number of anilines is 1. The van der Waals surface area contributed by atoms with Crippen LogP contribution in [0.2, 0.25) is 5.02 Å². The number of hydrogen-bond acceptors (Lipinski definition) is 2. The zero-order valence-electron chi connectivity index (χ0n) is 8.38. The fourth-order valence-electron chi connectivity index (χ4n) is 0.935. The van der Waals surface area contributed by atoms with Gasteiger partial charge in [0.2, 0.25) is 0 Å². The Balaban J connectivity index is 2.65. The van der Waals surface area contributed by atoms with Crippen molar-refractivity contribution >= 4 is 23.4 Å². The second-order valence-corrected chi connectivity index (χ2v) is 3.62.